The van der Waals surface area contributed by atoms with E-state index in [-0.39, 0.29) is 11.8 Å². The van der Waals surface area contributed by atoms with E-state index in [1.807, 2.05) is 9.80 Å². The molecule has 2 amide bonds. The van der Waals surface area contributed by atoms with Crippen molar-refractivity contribution in [3.63, 3.8) is 0 Å². The molecule has 14 heteroatoms. The summed E-state index contributed by atoms with van der Waals surface area (Å²) in [5, 5.41) is 13.3. The van der Waals surface area contributed by atoms with E-state index >= 15 is 0 Å². The molecule has 0 saturated heterocycles. The van der Waals surface area contributed by atoms with Crippen molar-refractivity contribution in [2.45, 2.75) is 25.9 Å². The smallest absolute Gasteiger partial charge is 0.274 e. The van der Waals surface area contributed by atoms with Crippen molar-refractivity contribution in [3.8, 4) is 0 Å². The highest BCUT2D eigenvalue weighted by molar-refractivity contribution is 9.10. The lowest BCUT2D eigenvalue weighted by atomic mass is 10.1. The fourth-order valence-electron chi connectivity index (χ4n) is 5.08. The predicted octanol–water partition coefficient (Wildman–Crippen LogP) is 5.39. The van der Waals surface area contributed by atoms with E-state index in [9.17, 15) is 9.59 Å². The van der Waals surface area contributed by atoms with Crippen molar-refractivity contribution in [1.29, 1.82) is 0 Å². The largest absolute Gasteiger partial charge is 0.333 e. The fourth-order valence-corrected chi connectivity index (χ4v) is 7.30. The highest BCUT2D eigenvalue weighted by Crippen LogP contribution is 2.26. The molecule has 0 fully saturated rings. The number of hydrogen-bond acceptors (Lipinski definition) is 8. The van der Waals surface area contributed by atoms with E-state index < -0.39 is 0 Å². The zero-order valence-corrected chi connectivity index (χ0v) is 26.0. The second kappa shape index (κ2) is 11.2. The topological polar surface area (TPSA) is 101 Å². The number of aromatic nitrogens is 6. The number of amides is 2. The van der Waals surface area contributed by atoms with Gasteiger partial charge in [0.25, 0.3) is 11.8 Å². The molecule has 0 radical (unpaired) electrons. The lowest BCUT2D eigenvalue weighted by molar-refractivity contribution is 0.0722. The molecule has 42 heavy (non-hydrogen) atoms. The maximum atomic E-state index is 12.6. The minimum absolute atomic E-state index is 0.0338. The predicted molar refractivity (Wildman–Crippen MR) is 164 cm³/mol. The van der Waals surface area contributed by atoms with Crippen LogP contribution in [0.25, 0.3) is 11.3 Å². The summed E-state index contributed by atoms with van der Waals surface area (Å²) >= 11 is 12.8. The summed E-state index contributed by atoms with van der Waals surface area (Å²) in [6.07, 6.45) is 8.53. The first kappa shape index (κ1) is 27.2. The van der Waals surface area contributed by atoms with Gasteiger partial charge in [-0.05, 0) is 62.8 Å². The number of nitrogens with zero attached hydrogens (tertiary/aromatic N) is 8. The van der Waals surface area contributed by atoms with Crippen LogP contribution in [0.1, 0.15) is 41.9 Å². The van der Waals surface area contributed by atoms with Crippen LogP contribution in [0.15, 0.2) is 64.3 Å². The Bertz CT molecular complexity index is 1820. The van der Waals surface area contributed by atoms with Gasteiger partial charge in [0.15, 0.2) is 22.7 Å². The van der Waals surface area contributed by atoms with Crippen molar-refractivity contribution in [3.05, 3.63) is 102 Å². The number of carbonyl (C=O) groups excluding carboxylic acids is 2. The molecular formula is C28H22BrClN8O2S2. The van der Waals surface area contributed by atoms with Crippen molar-refractivity contribution in [2.75, 3.05) is 13.1 Å². The number of carbonyl (C=O) groups is 2. The summed E-state index contributed by atoms with van der Waals surface area (Å²) in [4.78, 5) is 40.0. The SMILES string of the molecule is O=C(c1cc2ncc(Br)cn2n1)N1CCc2sccc2C1.O=C(c1cc2ncc(Cl)cn2n1)N1CCc2sccc2C1. The van der Waals surface area contributed by atoms with Gasteiger partial charge < -0.3 is 9.80 Å². The average Bonchev–Trinajstić information content (AvgIpc) is 3.80. The van der Waals surface area contributed by atoms with Crippen LogP contribution >= 0.6 is 50.2 Å². The summed E-state index contributed by atoms with van der Waals surface area (Å²) in [6, 6.07) is 7.62. The lowest BCUT2D eigenvalue weighted by Gasteiger charge is -2.26. The molecule has 0 spiro atoms. The van der Waals surface area contributed by atoms with Crippen molar-refractivity contribution < 1.29 is 9.59 Å². The second-order valence-corrected chi connectivity index (χ2v) is 13.3. The molecule has 0 N–H and O–H groups in total. The van der Waals surface area contributed by atoms with Gasteiger partial charge in [-0.1, -0.05) is 11.6 Å². The van der Waals surface area contributed by atoms with E-state index in [2.05, 4.69) is 59.0 Å². The summed E-state index contributed by atoms with van der Waals surface area (Å²) in [5.41, 5.74) is 4.64. The van der Waals surface area contributed by atoms with Crippen molar-refractivity contribution in [2.24, 2.45) is 0 Å². The summed E-state index contributed by atoms with van der Waals surface area (Å²) in [7, 11) is 0. The number of rotatable bonds is 2. The van der Waals surface area contributed by atoms with Gasteiger partial charge in [0.05, 0.1) is 15.7 Å². The van der Waals surface area contributed by atoms with Gasteiger partial charge in [-0.25, -0.2) is 19.0 Å². The van der Waals surface area contributed by atoms with Crippen LogP contribution < -0.4 is 0 Å². The summed E-state index contributed by atoms with van der Waals surface area (Å²) in [5.74, 6) is -0.0954. The number of halogens is 2. The molecule has 0 atom stereocenters. The zero-order chi connectivity index (χ0) is 28.8. The molecule has 0 bridgehead atoms. The first-order chi connectivity index (χ1) is 20.4. The molecule has 8 rings (SSSR count). The highest BCUT2D eigenvalue weighted by atomic mass is 79.9. The van der Waals surface area contributed by atoms with Gasteiger partial charge in [0.2, 0.25) is 0 Å². The Morgan fingerprint density at radius 1 is 0.786 bits per heavy atom. The van der Waals surface area contributed by atoms with Crippen LogP contribution in [0.2, 0.25) is 5.02 Å². The Labute approximate surface area is 261 Å². The van der Waals surface area contributed by atoms with Crippen LogP contribution in [0, 0.1) is 0 Å². The molecule has 0 aliphatic carbocycles. The van der Waals surface area contributed by atoms with Crippen LogP contribution in [0.4, 0.5) is 0 Å². The maximum absolute atomic E-state index is 12.6. The fraction of sp³-hybridized carbons (Fsp3) is 0.214. The molecule has 2 aliphatic rings. The number of fused-ring (bicyclic) bond motifs is 4. The van der Waals surface area contributed by atoms with Gasteiger partial charge in [-0.15, -0.1) is 22.7 Å². The quantitative estimate of drug-likeness (QED) is 0.243. The molecule has 0 unspecified atom stereocenters. The molecule has 10 nitrogen and oxygen atoms in total. The van der Waals surface area contributed by atoms with Gasteiger partial charge in [0, 0.05) is 66.7 Å². The van der Waals surface area contributed by atoms with Gasteiger partial charge in [-0.2, -0.15) is 10.2 Å². The van der Waals surface area contributed by atoms with Crippen LogP contribution in [0.3, 0.4) is 0 Å². The van der Waals surface area contributed by atoms with Crippen LogP contribution in [0.5, 0.6) is 0 Å². The number of hydrogen-bond donors (Lipinski definition) is 0. The van der Waals surface area contributed by atoms with Crippen LogP contribution in [-0.4, -0.2) is 63.9 Å². The first-order valence-corrected chi connectivity index (χ1v) is 16.1. The lowest BCUT2D eigenvalue weighted by Crippen LogP contribution is -2.35. The van der Waals surface area contributed by atoms with Crippen LogP contribution in [-0.2, 0) is 25.9 Å². The molecule has 6 aromatic heterocycles. The molecule has 2 aliphatic heterocycles. The second-order valence-electron chi connectivity index (χ2n) is 9.90. The van der Waals surface area contributed by atoms with E-state index in [1.165, 1.54) is 25.4 Å². The minimum atomic E-state index is -0.0616. The normalized spacial score (nSPS) is 14.4. The molecule has 0 saturated carbocycles. The zero-order valence-electron chi connectivity index (χ0n) is 22.0. The average molecular weight is 682 g/mol. The van der Waals surface area contributed by atoms with Crippen molar-refractivity contribution >= 4 is 73.3 Å². The molecule has 6 aromatic rings. The Kier molecular flexibility index (Phi) is 7.26. The molecule has 0 aromatic carbocycles. The first-order valence-electron chi connectivity index (χ1n) is 13.1. The van der Waals surface area contributed by atoms with Gasteiger partial charge >= 0.3 is 0 Å². The van der Waals surface area contributed by atoms with Gasteiger partial charge in [0.1, 0.15) is 0 Å². The van der Waals surface area contributed by atoms with Gasteiger partial charge in [-0.3, -0.25) is 9.59 Å². The Morgan fingerprint density at radius 3 is 1.88 bits per heavy atom. The Balaban J connectivity index is 0.000000137. The Hall–Kier alpha value is -3.65. The molecular weight excluding hydrogens is 660 g/mol. The monoisotopic (exact) mass is 680 g/mol. The van der Waals surface area contributed by atoms with E-state index in [1.54, 1.807) is 64.1 Å². The third-order valence-electron chi connectivity index (χ3n) is 7.19. The number of thiophene rings is 2. The third-order valence-corrected chi connectivity index (χ3v) is 9.84. The third kappa shape index (κ3) is 5.33. The minimum Gasteiger partial charge on any atom is -0.333 e. The summed E-state index contributed by atoms with van der Waals surface area (Å²) in [6.45, 7) is 2.80. The highest BCUT2D eigenvalue weighted by Gasteiger charge is 2.26. The maximum Gasteiger partial charge on any atom is 0.274 e. The van der Waals surface area contributed by atoms with Crippen molar-refractivity contribution in [1.82, 2.24) is 39.0 Å². The molecule has 212 valence electrons. The van der Waals surface area contributed by atoms with E-state index in [0.717, 1.165) is 30.4 Å². The van der Waals surface area contributed by atoms with E-state index in [0.29, 0.717) is 40.8 Å². The molecule has 8 heterocycles. The standard InChI is InChI=1S/C14H11BrN4OS.C14H11ClN4OS/c2*15-10-6-16-13-5-11(17-19(13)8-10)14(20)18-3-1-12-9(7-18)2-4-21-12/h2*2,4-6,8H,1,3,7H2. The van der Waals surface area contributed by atoms with E-state index in [4.69, 9.17) is 11.6 Å². The Morgan fingerprint density at radius 2 is 1.31 bits per heavy atom. The summed E-state index contributed by atoms with van der Waals surface area (Å²) < 4.78 is 3.99.